The molecule has 3 heterocycles. The minimum atomic E-state index is 0.200. The first-order chi connectivity index (χ1) is 16.1. The van der Waals surface area contributed by atoms with Crippen molar-refractivity contribution in [1.82, 2.24) is 15.0 Å². The van der Waals surface area contributed by atoms with Crippen molar-refractivity contribution < 1.29 is 9.47 Å². The van der Waals surface area contributed by atoms with Crippen molar-refractivity contribution in [3.8, 4) is 28.7 Å². The van der Waals surface area contributed by atoms with E-state index in [1.54, 1.807) is 18.3 Å². The Morgan fingerprint density at radius 2 is 1.91 bits per heavy atom. The molecule has 1 aliphatic heterocycles. The summed E-state index contributed by atoms with van der Waals surface area (Å²) in [5.74, 6) is 2.25. The molecule has 0 saturated carbocycles. The summed E-state index contributed by atoms with van der Waals surface area (Å²) in [5.41, 5.74) is 9.59. The molecule has 0 unspecified atom stereocenters. The Hall–Kier alpha value is -4.22. The standard InChI is InChI=1S/C25H22N6O2/c1-16-11-19(13-23(29-16)31-7-9-32-10-8-31)33-22-12-17(14-26)5-6-20(22)21-4-2-3-18-15-28-25(27)30-24(18)21/h2-6,11-13,15H,7-10H2,1H3,(H2,27,28,30). The Kier molecular flexibility index (Phi) is 5.47. The molecule has 2 aromatic carbocycles. The van der Waals surface area contributed by atoms with Crippen LogP contribution in [0.25, 0.3) is 22.0 Å². The van der Waals surface area contributed by atoms with Gasteiger partial charge in [-0.25, -0.2) is 15.0 Å². The fourth-order valence-electron chi connectivity index (χ4n) is 3.95. The topological polar surface area (TPSA) is 110 Å². The molecule has 0 radical (unpaired) electrons. The number of hydrogen-bond acceptors (Lipinski definition) is 8. The quantitative estimate of drug-likeness (QED) is 0.507. The monoisotopic (exact) mass is 438 g/mol. The summed E-state index contributed by atoms with van der Waals surface area (Å²) in [7, 11) is 0. The molecule has 1 saturated heterocycles. The van der Waals surface area contributed by atoms with E-state index in [1.165, 1.54) is 0 Å². The molecular formula is C25H22N6O2. The summed E-state index contributed by atoms with van der Waals surface area (Å²) in [6.45, 7) is 4.84. The smallest absolute Gasteiger partial charge is 0.220 e. The van der Waals surface area contributed by atoms with Gasteiger partial charge >= 0.3 is 0 Å². The van der Waals surface area contributed by atoms with Gasteiger partial charge in [0.15, 0.2) is 0 Å². The first-order valence-corrected chi connectivity index (χ1v) is 10.7. The fraction of sp³-hybridized carbons (Fsp3) is 0.200. The zero-order chi connectivity index (χ0) is 22.8. The Morgan fingerprint density at radius 3 is 2.73 bits per heavy atom. The van der Waals surface area contributed by atoms with Crippen LogP contribution in [0.2, 0.25) is 0 Å². The van der Waals surface area contributed by atoms with Gasteiger partial charge in [0, 0.05) is 53.6 Å². The number of hydrogen-bond donors (Lipinski definition) is 1. The highest BCUT2D eigenvalue weighted by atomic mass is 16.5. The number of ether oxygens (including phenoxy) is 2. The van der Waals surface area contributed by atoms with Gasteiger partial charge in [-0.15, -0.1) is 0 Å². The second-order valence-corrected chi connectivity index (χ2v) is 7.80. The summed E-state index contributed by atoms with van der Waals surface area (Å²) in [4.78, 5) is 15.4. The molecule has 1 fully saturated rings. The lowest BCUT2D eigenvalue weighted by Crippen LogP contribution is -2.36. The Bertz CT molecular complexity index is 1380. The summed E-state index contributed by atoms with van der Waals surface area (Å²) < 4.78 is 11.8. The van der Waals surface area contributed by atoms with Crippen LogP contribution in [-0.2, 0) is 4.74 Å². The normalized spacial score (nSPS) is 13.6. The molecule has 2 aromatic heterocycles. The average molecular weight is 438 g/mol. The van der Waals surface area contributed by atoms with Crippen LogP contribution >= 0.6 is 0 Å². The van der Waals surface area contributed by atoms with Gasteiger partial charge in [0.05, 0.1) is 30.4 Å². The van der Waals surface area contributed by atoms with Gasteiger partial charge < -0.3 is 20.1 Å². The summed E-state index contributed by atoms with van der Waals surface area (Å²) >= 11 is 0. The number of morpholine rings is 1. The number of rotatable bonds is 4. The van der Waals surface area contributed by atoms with Gasteiger partial charge in [-0.2, -0.15) is 5.26 Å². The predicted octanol–water partition coefficient (Wildman–Crippen LogP) is 4.08. The number of aromatic nitrogens is 3. The Balaban J connectivity index is 1.60. The number of nitriles is 1. The molecule has 8 nitrogen and oxygen atoms in total. The van der Waals surface area contributed by atoms with Crippen molar-refractivity contribution in [2.75, 3.05) is 36.9 Å². The molecule has 0 bridgehead atoms. The Morgan fingerprint density at radius 1 is 1.06 bits per heavy atom. The number of nitrogens with zero attached hydrogens (tertiary/aromatic N) is 5. The number of pyridine rings is 1. The summed E-state index contributed by atoms with van der Waals surface area (Å²) in [5, 5.41) is 10.4. The number of benzene rings is 2. The van der Waals surface area contributed by atoms with E-state index in [0.717, 1.165) is 46.6 Å². The zero-order valence-electron chi connectivity index (χ0n) is 18.2. The lowest BCUT2D eigenvalue weighted by molar-refractivity contribution is 0.122. The van der Waals surface area contributed by atoms with Crippen molar-refractivity contribution in [3.63, 3.8) is 0 Å². The van der Waals surface area contributed by atoms with E-state index in [9.17, 15) is 5.26 Å². The van der Waals surface area contributed by atoms with Crippen LogP contribution < -0.4 is 15.4 Å². The highest BCUT2D eigenvalue weighted by molar-refractivity contribution is 5.95. The fourth-order valence-corrected chi connectivity index (χ4v) is 3.95. The first-order valence-electron chi connectivity index (χ1n) is 10.7. The second-order valence-electron chi connectivity index (χ2n) is 7.80. The van der Waals surface area contributed by atoms with Crippen LogP contribution in [0.5, 0.6) is 11.5 Å². The number of para-hydroxylation sites is 1. The molecule has 164 valence electrons. The van der Waals surface area contributed by atoms with Crippen LogP contribution in [0, 0.1) is 18.3 Å². The molecule has 8 heteroatoms. The van der Waals surface area contributed by atoms with Crippen LogP contribution in [0.3, 0.4) is 0 Å². The molecule has 0 amide bonds. The number of anilines is 2. The third-order valence-corrected chi connectivity index (χ3v) is 5.51. The molecule has 0 spiro atoms. The molecule has 4 aromatic rings. The van der Waals surface area contributed by atoms with Gasteiger partial charge in [0.1, 0.15) is 17.3 Å². The number of fused-ring (bicyclic) bond motifs is 1. The first kappa shape index (κ1) is 20.7. The largest absolute Gasteiger partial charge is 0.456 e. The van der Waals surface area contributed by atoms with Crippen LogP contribution in [0.1, 0.15) is 11.3 Å². The number of nitrogens with two attached hydrogens (primary N) is 1. The van der Waals surface area contributed by atoms with E-state index in [-0.39, 0.29) is 5.95 Å². The van der Waals surface area contributed by atoms with E-state index >= 15 is 0 Å². The number of nitrogen functional groups attached to an aromatic ring is 1. The van der Waals surface area contributed by atoms with E-state index in [0.29, 0.717) is 30.3 Å². The minimum Gasteiger partial charge on any atom is -0.456 e. The van der Waals surface area contributed by atoms with E-state index in [4.69, 9.17) is 15.2 Å². The molecule has 0 atom stereocenters. The summed E-state index contributed by atoms with van der Waals surface area (Å²) in [6.07, 6.45) is 1.70. The van der Waals surface area contributed by atoms with E-state index in [2.05, 4.69) is 25.9 Å². The van der Waals surface area contributed by atoms with E-state index in [1.807, 2.05) is 43.3 Å². The maximum Gasteiger partial charge on any atom is 0.220 e. The van der Waals surface area contributed by atoms with Crippen molar-refractivity contribution >= 4 is 22.7 Å². The summed E-state index contributed by atoms with van der Waals surface area (Å²) in [6, 6.07) is 17.2. The van der Waals surface area contributed by atoms with Gasteiger partial charge in [0.2, 0.25) is 5.95 Å². The van der Waals surface area contributed by atoms with Gasteiger partial charge in [0.25, 0.3) is 0 Å². The van der Waals surface area contributed by atoms with Gasteiger partial charge in [-0.3, -0.25) is 0 Å². The molecule has 0 aliphatic carbocycles. The van der Waals surface area contributed by atoms with Crippen molar-refractivity contribution in [2.45, 2.75) is 6.92 Å². The third kappa shape index (κ3) is 4.27. The van der Waals surface area contributed by atoms with Gasteiger partial charge in [-0.1, -0.05) is 18.2 Å². The SMILES string of the molecule is Cc1cc(Oc2cc(C#N)ccc2-c2cccc3cnc(N)nc23)cc(N2CCOCC2)n1. The second kappa shape index (κ2) is 8.73. The van der Waals surface area contributed by atoms with Crippen molar-refractivity contribution in [1.29, 1.82) is 5.26 Å². The lowest BCUT2D eigenvalue weighted by atomic mass is 10.00. The van der Waals surface area contributed by atoms with Crippen LogP contribution in [-0.4, -0.2) is 41.3 Å². The van der Waals surface area contributed by atoms with Crippen molar-refractivity contribution in [3.05, 3.63) is 66.0 Å². The molecule has 2 N–H and O–H groups in total. The van der Waals surface area contributed by atoms with E-state index < -0.39 is 0 Å². The molecule has 1 aliphatic rings. The third-order valence-electron chi connectivity index (χ3n) is 5.51. The number of aryl methyl sites for hydroxylation is 1. The minimum absolute atomic E-state index is 0.200. The maximum absolute atomic E-state index is 9.48. The van der Waals surface area contributed by atoms with Crippen LogP contribution in [0.4, 0.5) is 11.8 Å². The highest BCUT2D eigenvalue weighted by Gasteiger charge is 2.17. The van der Waals surface area contributed by atoms with Gasteiger partial charge in [-0.05, 0) is 25.1 Å². The zero-order valence-corrected chi connectivity index (χ0v) is 18.2. The maximum atomic E-state index is 9.48. The molecule has 5 rings (SSSR count). The van der Waals surface area contributed by atoms with Crippen molar-refractivity contribution in [2.24, 2.45) is 0 Å². The van der Waals surface area contributed by atoms with Crippen LogP contribution in [0.15, 0.2) is 54.7 Å². The Labute approximate surface area is 191 Å². The molecular weight excluding hydrogens is 416 g/mol. The lowest BCUT2D eigenvalue weighted by Gasteiger charge is -2.28. The molecule has 33 heavy (non-hydrogen) atoms. The average Bonchev–Trinajstić information content (AvgIpc) is 2.84. The highest BCUT2D eigenvalue weighted by Crippen LogP contribution is 2.38. The predicted molar refractivity (Wildman–Crippen MR) is 126 cm³/mol.